The molecular weight excluding hydrogens is 182 g/mol. The van der Waals surface area contributed by atoms with Gasteiger partial charge in [0.15, 0.2) is 0 Å². The van der Waals surface area contributed by atoms with E-state index in [0.29, 0.717) is 0 Å². The maximum absolute atomic E-state index is 5.29. The van der Waals surface area contributed by atoms with Crippen LogP contribution in [0.4, 0.5) is 0 Å². The highest BCUT2D eigenvalue weighted by Gasteiger charge is 2.16. The molecule has 3 nitrogen and oxygen atoms in total. The normalized spacial score (nSPS) is 13.5. The lowest BCUT2D eigenvalue weighted by Gasteiger charge is -1.99. The molecule has 13 heavy (non-hydrogen) atoms. The van der Waals surface area contributed by atoms with Crippen molar-refractivity contribution < 1.29 is 8.85 Å². The maximum atomic E-state index is 5.29. The van der Waals surface area contributed by atoms with Crippen LogP contribution in [0.15, 0.2) is 30.6 Å². The lowest BCUT2D eigenvalue weighted by atomic mass is 10.1. The van der Waals surface area contributed by atoms with Crippen LogP contribution in [0, 0.1) is 0 Å². The van der Waals surface area contributed by atoms with Crippen molar-refractivity contribution in [3.8, 4) is 11.5 Å². The van der Waals surface area contributed by atoms with Gasteiger partial charge in [0, 0.05) is 17.8 Å². The molecule has 0 amide bonds. The standard InChI is InChI=1S/C9H5NO2Si/c1-2-10-5-7-4-9-8(3-6(1)7)11-13-12-9/h1-5H. The molecule has 0 saturated heterocycles. The lowest BCUT2D eigenvalue weighted by Crippen LogP contribution is -1.99. The molecular formula is C9H5NO2Si. The van der Waals surface area contributed by atoms with Crippen molar-refractivity contribution in [2.45, 2.75) is 0 Å². The number of rotatable bonds is 0. The molecule has 1 aliphatic heterocycles. The first kappa shape index (κ1) is 6.91. The summed E-state index contributed by atoms with van der Waals surface area (Å²) in [5.41, 5.74) is 0. The van der Waals surface area contributed by atoms with Gasteiger partial charge in [-0.3, -0.25) is 4.98 Å². The molecule has 2 heterocycles. The van der Waals surface area contributed by atoms with E-state index in [-0.39, 0.29) is 10.0 Å². The Hall–Kier alpha value is -1.55. The molecule has 0 aliphatic carbocycles. The van der Waals surface area contributed by atoms with E-state index in [9.17, 15) is 0 Å². The Morgan fingerprint density at radius 1 is 1.08 bits per heavy atom. The zero-order valence-corrected chi connectivity index (χ0v) is 7.65. The molecule has 0 N–H and O–H groups in total. The van der Waals surface area contributed by atoms with E-state index in [1.807, 2.05) is 24.4 Å². The molecule has 1 aliphatic rings. The summed E-state index contributed by atoms with van der Waals surface area (Å²) >= 11 is 0. The molecule has 3 rings (SSSR count). The van der Waals surface area contributed by atoms with Gasteiger partial charge in [-0.1, -0.05) is 0 Å². The fourth-order valence-electron chi connectivity index (χ4n) is 1.36. The van der Waals surface area contributed by atoms with Crippen LogP contribution in [0.25, 0.3) is 10.8 Å². The molecule has 2 radical (unpaired) electrons. The van der Waals surface area contributed by atoms with E-state index in [1.165, 1.54) is 0 Å². The first-order chi connectivity index (χ1) is 6.43. The molecule has 0 saturated carbocycles. The monoisotopic (exact) mass is 187 g/mol. The van der Waals surface area contributed by atoms with Crippen molar-refractivity contribution >= 4 is 20.8 Å². The highest BCUT2D eigenvalue weighted by atomic mass is 28.3. The van der Waals surface area contributed by atoms with Gasteiger partial charge in [0.2, 0.25) is 0 Å². The molecule has 0 spiro atoms. The second kappa shape index (κ2) is 2.47. The number of hydrogen-bond donors (Lipinski definition) is 0. The summed E-state index contributed by atoms with van der Waals surface area (Å²) in [7, 11) is 0.0937. The Kier molecular flexibility index (Phi) is 1.31. The van der Waals surface area contributed by atoms with Crippen LogP contribution in [0.2, 0.25) is 0 Å². The summed E-state index contributed by atoms with van der Waals surface area (Å²) in [4.78, 5) is 4.04. The van der Waals surface area contributed by atoms with Gasteiger partial charge >= 0.3 is 10.0 Å². The van der Waals surface area contributed by atoms with E-state index in [1.54, 1.807) is 6.20 Å². The number of fused-ring (bicyclic) bond motifs is 2. The van der Waals surface area contributed by atoms with Crippen LogP contribution in [0.1, 0.15) is 0 Å². The fraction of sp³-hybridized carbons (Fsp3) is 0. The van der Waals surface area contributed by atoms with E-state index < -0.39 is 0 Å². The van der Waals surface area contributed by atoms with Crippen molar-refractivity contribution in [3.63, 3.8) is 0 Å². The fourth-order valence-corrected chi connectivity index (χ4v) is 1.90. The Balaban J connectivity index is 2.36. The zero-order valence-electron chi connectivity index (χ0n) is 6.65. The summed E-state index contributed by atoms with van der Waals surface area (Å²) in [6.07, 6.45) is 3.59. The highest BCUT2D eigenvalue weighted by molar-refractivity contribution is 6.23. The predicted molar refractivity (Wildman–Crippen MR) is 48.8 cm³/mol. The molecule has 1 aromatic carbocycles. The first-order valence-electron chi connectivity index (χ1n) is 3.90. The maximum Gasteiger partial charge on any atom is 0.610 e. The molecule has 0 bridgehead atoms. The lowest BCUT2D eigenvalue weighted by molar-refractivity contribution is 0.541. The van der Waals surface area contributed by atoms with Gasteiger partial charge in [0.25, 0.3) is 0 Å². The minimum Gasteiger partial charge on any atom is -0.505 e. The number of benzene rings is 1. The van der Waals surface area contributed by atoms with Crippen molar-refractivity contribution in [3.05, 3.63) is 30.6 Å². The van der Waals surface area contributed by atoms with Crippen LogP contribution in [-0.4, -0.2) is 15.0 Å². The molecule has 1 aromatic heterocycles. The molecule has 62 valence electrons. The van der Waals surface area contributed by atoms with E-state index in [2.05, 4.69) is 4.98 Å². The van der Waals surface area contributed by atoms with E-state index >= 15 is 0 Å². The van der Waals surface area contributed by atoms with Gasteiger partial charge in [-0.25, -0.2) is 0 Å². The minimum absolute atomic E-state index is 0.0937. The van der Waals surface area contributed by atoms with Gasteiger partial charge in [-0.2, -0.15) is 0 Å². The van der Waals surface area contributed by atoms with E-state index in [4.69, 9.17) is 8.85 Å². The van der Waals surface area contributed by atoms with Crippen molar-refractivity contribution in [2.75, 3.05) is 0 Å². The minimum atomic E-state index is 0.0937. The van der Waals surface area contributed by atoms with Crippen LogP contribution in [-0.2, 0) is 0 Å². The van der Waals surface area contributed by atoms with Crippen molar-refractivity contribution in [1.29, 1.82) is 0 Å². The first-order valence-corrected chi connectivity index (χ1v) is 4.71. The SMILES string of the molecule is c1cc2cc3c(cc2cn1)O[Si]O3. The topological polar surface area (TPSA) is 31.4 Å². The summed E-state index contributed by atoms with van der Waals surface area (Å²) in [5.74, 6) is 1.65. The van der Waals surface area contributed by atoms with Gasteiger partial charge < -0.3 is 8.85 Å². The number of hydrogen-bond acceptors (Lipinski definition) is 3. The second-order valence-electron chi connectivity index (χ2n) is 2.81. The summed E-state index contributed by atoms with van der Waals surface area (Å²) in [5, 5.41) is 2.21. The average Bonchev–Trinajstić information content (AvgIpc) is 2.61. The van der Waals surface area contributed by atoms with Crippen LogP contribution in [0.3, 0.4) is 0 Å². The van der Waals surface area contributed by atoms with Gasteiger partial charge in [-0.05, 0) is 23.6 Å². The predicted octanol–water partition coefficient (Wildman–Crippen LogP) is 1.54. The van der Waals surface area contributed by atoms with E-state index in [0.717, 1.165) is 22.3 Å². The number of pyridine rings is 1. The second-order valence-corrected chi connectivity index (χ2v) is 3.38. The van der Waals surface area contributed by atoms with Gasteiger partial charge in [-0.15, -0.1) is 0 Å². The molecule has 0 unspecified atom stereocenters. The van der Waals surface area contributed by atoms with Gasteiger partial charge in [0.1, 0.15) is 11.5 Å². The Labute approximate surface area is 77.4 Å². The molecule has 2 aromatic rings. The van der Waals surface area contributed by atoms with Crippen molar-refractivity contribution in [1.82, 2.24) is 4.98 Å². The average molecular weight is 187 g/mol. The smallest absolute Gasteiger partial charge is 0.505 e. The molecule has 0 atom stereocenters. The summed E-state index contributed by atoms with van der Waals surface area (Å²) in [6, 6.07) is 5.89. The third-order valence-electron chi connectivity index (χ3n) is 2.01. The van der Waals surface area contributed by atoms with Crippen molar-refractivity contribution in [2.24, 2.45) is 0 Å². The Morgan fingerprint density at radius 2 is 1.85 bits per heavy atom. The number of nitrogens with zero attached hydrogens (tertiary/aromatic N) is 1. The van der Waals surface area contributed by atoms with Crippen LogP contribution >= 0.6 is 0 Å². The molecule has 0 fully saturated rings. The van der Waals surface area contributed by atoms with Crippen LogP contribution < -0.4 is 8.85 Å². The van der Waals surface area contributed by atoms with Gasteiger partial charge in [0.05, 0.1) is 0 Å². The Bertz CT molecular complexity index is 430. The zero-order chi connectivity index (χ0) is 8.67. The Morgan fingerprint density at radius 3 is 2.69 bits per heavy atom. The quantitative estimate of drug-likeness (QED) is 0.586. The third kappa shape index (κ3) is 0.989. The summed E-state index contributed by atoms with van der Waals surface area (Å²) < 4.78 is 10.6. The number of aromatic nitrogens is 1. The summed E-state index contributed by atoms with van der Waals surface area (Å²) in [6.45, 7) is 0. The largest absolute Gasteiger partial charge is 0.610 e. The van der Waals surface area contributed by atoms with Crippen LogP contribution in [0.5, 0.6) is 11.5 Å². The molecule has 4 heteroatoms. The highest BCUT2D eigenvalue weighted by Crippen LogP contribution is 2.34. The third-order valence-corrected chi connectivity index (χ3v) is 2.61.